The third-order valence-electron chi connectivity index (χ3n) is 4.70. The molecule has 1 aliphatic heterocycles. The number of piperidine rings is 1. The standard InChI is InChI=1S/C16H22N6O2S/c17-22-15(13-2-1-9-24-13)19-20-16(22)25-10-14(23)18-11-5-7-21(8-6-11)12-3-4-12/h1-2,9,11-12H,3-8,10,17H2,(H,18,23). The normalized spacial score (nSPS) is 19.2. The summed E-state index contributed by atoms with van der Waals surface area (Å²) in [5.41, 5.74) is 0. The van der Waals surface area contributed by atoms with Crippen LogP contribution in [0.15, 0.2) is 28.0 Å². The lowest BCUT2D eigenvalue weighted by atomic mass is 10.1. The molecule has 9 heteroatoms. The van der Waals surface area contributed by atoms with E-state index in [-0.39, 0.29) is 17.7 Å². The van der Waals surface area contributed by atoms with E-state index in [4.69, 9.17) is 10.3 Å². The van der Waals surface area contributed by atoms with E-state index in [1.165, 1.54) is 29.3 Å². The molecule has 2 aromatic heterocycles. The minimum Gasteiger partial charge on any atom is -0.461 e. The zero-order valence-electron chi connectivity index (χ0n) is 13.9. The Morgan fingerprint density at radius 3 is 2.80 bits per heavy atom. The van der Waals surface area contributed by atoms with Crippen LogP contribution in [0, 0.1) is 0 Å². The lowest BCUT2D eigenvalue weighted by Crippen LogP contribution is -2.45. The van der Waals surface area contributed by atoms with Crippen molar-refractivity contribution in [3.05, 3.63) is 18.4 Å². The fourth-order valence-electron chi connectivity index (χ4n) is 3.20. The van der Waals surface area contributed by atoms with E-state index in [9.17, 15) is 4.79 Å². The summed E-state index contributed by atoms with van der Waals surface area (Å²) in [5.74, 6) is 7.27. The zero-order chi connectivity index (χ0) is 17.2. The molecule has 8 nitrogen and oxygen atoms in total. The number of amides is 1. The molecule has 1 saturated carbocycles. The van der Waals surface area contributed by atoms with Gasteiger partial charge in [0.2, 0.25) is 16.9 Å². The van der Waals surface area contributed by atoms with Crippen LogP contribution in [-0.2, 0) is 4.79 Å². The van der Waals surface area contributed by atoms with Crippen molar-refractivity contribution in [1.82, 2.24) is 25.1 Å². The molecule has 2 fully saturated rings. The topological polar surface area (TPSA) is 102 Å². The fraction of sp³-hybridized carbons (Fsp3) is 0.562. The summed E-state index contributed by atoms with van der Waals surface area (Å²) in [6, 6.07) is 4.62. The molecule has 0 aromatic carbocycles. The smallest absolute Gasteiger partial charge is 0.230 e. The summed E-state index contributed by atoms with van der Waals surface area (Å²) in [7, 11) is 0. The molecular weight excluding hydrogens is 340 g/mol. The molecule has 2 aliphatic rings. The van der Waals surface area contributed by atoms with Gasteiger partial charge in [-0.1, -0.05) is 11.8 Å². The predicted molar refractivity (Wildman–Crippen MR) is 94.4 cm³/mol. The Bertz CT molecular complexity index is 719. The van der Waals surface area contributed by atoms with Gasteiger partial charge in [-0.05, 0) is 37.8 Å². The van der Waals surface area contributed by atoms with Gasteiger partial charge in [0.1, 0.15) is 0 Å². The first-order chi connectivity index (χ1) is 12.2. The van der Waals surface area contributed by atoms with Gasteiger partial charge in [0.05, 0.1) is 12.0 Å². The second-order valence-corrected chi connectivity index (χ2v) is 7.49. The molecule has 1 saturated heterocycles. The van der Waals surface area contributed by atoms with Gasteiger partial charge in [0.15, 0.2) is 5.76 Å². The predicted octanol–water partition coefficient (Wildman–Crippen LogP) is 1.09. The van der Waals surface area contributed by atoms with E-state index in [1.54, 1.807) is 18.4 Å². The SMILES string of the molecule is Nn1c(SCC(=O)NC2CCN(C3CC3)CC2)nnc1-c1ccco1. The van der Waals surface area contributed by atoms with Crippen molar-refractivity contribution in [3.8, 4) is 11.6 Å². The molecule has 2 aromatic rings. The minimum atomic E-state index is 0.0115. The van der Waals surface area contributed by atoms with E-state index in [2.05, 4.69) is 20.4 Å². The number of nitrogens with one attached hydrogen (secondary N) is 1. The van der Waals surface area contributed by atoms with Gasteiger partial charge < -0.3 is 20.5 Å². The average Bonchev–Trinajstić information content (AvgIpc) is 3.20. The summed E-state index contributed by atoms with van der Waals surface area (Å²) in [6.07, 6.45) is 6.30. The zero-order valence-corrected chi connectivity index (χ0v) is 14.7. The average molecular weight is 362 g/mol. The van der Waals surface area contributed by atoms with Gasteiger partial charge in [-0.25, -0.2) is 4.68 Å². The van der Waals surface area contributed by atoms with Crippen molar-refractivity contribution in [2.24, 2.45) is 0 Å². The van der Waals surface area contributed by atoms with E-state index >= 15 is 0 Å². The van der Waals surface area contributed by atoms with Crippen LogP contribution < -0.4 is 11.2 Å². The number of aromatic nitrogens is 3. The molecule has 1 amide bonds. The van der Waals surface area contributed by atoms with Crippen LogP contribution in [-0.4, -0.2) is 56.6 Å². The summed E-state index contributed by atoms with van der Waals surface area (Å²) in [4.78, 5) is 14.7. The number of hydrogen-bond donors (Lipinski definition) is 2. The number of nitrogens with two attached hydrogens (primary N) is 1. The molecule has 0 atom stereocenters. The van der Waals surface area contributed by atoms with Crippen LogP contribution in [0.4, 0.5) is 0 Å². The largest absolute Gasteiger partial charge is 0.461 e. The van der Waals surface area contributed by atoms with E-state index in [1.807, 2.05) is 0 Å². The number of carbonyl (C=O) groups excluding carboxylic acids is 1. The van der Waals surface area contributed by atoms with Gasteiger partial charge in [-0.15, -0.1) is 10.2 Å². The van der Waals surface area contributed by atoms with Crippen molar-refractivity contribution in [3.63, 3.8) is 0 Å². The Hall–Kier alpha value is -2.00. The molecule has 134 valence electrons. The number of furan rings is 1. The highest BCUT2D eigenvalue weighted by molar-refractivity contribution is 7.99. The highest BCUT2D eigenvalue weighted by Crippen LogP contribution is 2.29. The summed E-state index contributed by atoms with van der Waals surface area (Å²) >= 11 is 1.28. The quantitative estimate of drug-likeness (QED) is 0.586. The lowest BCUT2D eigenvalue weighted by Gasteiger charge is -2.32. The first-order valence-corrected chi connectivity index (χ1v) is 9.60. The van der Waals surface area contributed by atoms with Crippen LogP contribution in [0.1, 0.15) is 25.7 Å². The molecule has 3 heterocycles. The molecule has 0 spiro atoms. The number of thioether (sulfide) groups is 1. The van der Waals surface area contributed by atoms with Gasteiger partial charge in [0, 0.05) is 25.2 Å². The summed E-state index contributed by atoms with van der Waals surface area (Å²) in [6.45, 7) is 2.18. The van der Waals surface area contributed by atoms with Crippen LogP contribution in [0.2, 0.25) is 0 Å². The molecular formula is C16H22N6O2S. The Morgan fingerprint density at radius 2 is 2.12 bits per heavy atom. The van der Waals surface area contributed by atoms with E-state index in [0.29, 0.717) is 16.7 Å². The van der Waals surface area contributed by atoms with Crippen LogP contribution in [0.5, 0.6) is 0 Å². The van der Waals surface area contributed by atoms with E-state index < -0.39 is 0 Å². The number of carbonyl (C=O) groups is 1. The van der Waals surface area contributed by atoms with Crippen molar-refractivity contribution in [2.75, 3.05) is 24.7 Å². The molecule has 0 bridgehead atoms. The second-order valence-electron chi connectivity index (χ2n) is 6.55. The van der Waals surface area contributed by atoms with Crippen molar-refractivity contribution >= 4 is 17.7 Å². The molecule has 0 unspecified atom stereocenters. The molecule has 25 heavy (non-hydrogen) atoms. The van der Waals surface area contributed by atoms with Gasteiger partial charge in [0.25, 0.3) is 0 Å². The highest BCUT2D eigenvalue weighted by Gasteiger charge is 2.32. The molecule has 3 N–H and O–H groups in total. The second kappa shape index (κ2) is 7.09. The highest BCUT2D eigenvalue weighted by atomic mass is 32.2. The van der Waals surface area contributed by atoms with Crippen LogP contribution in [0.3, 0.4) is 0 Å². The first kappa shape index (κ1) is 16.5. The monoisotopic (exact) mass is 362 g/mol. The van der Waals surface area contributed by atoms with Crippen LogP contribution in [0.25, 0.3) is 11.6 Å². The number of rotatable bonds is 6. The minimum absolute atomic E-state index is 0.0115. The Balaban J connectivity index is 1.25. The molecule has 0 radical (unpaired) electrons. The number of nitrogens with zero attached hydrogens (tertiary/aromatic N) is 4. The van der Waals surface area contributed by atoms with Gasteiger partial charge in [-0.3, -0.25) is 4.79 Å². The summed E-state index contributed by atoms with van der Waals surface area (Å²) < 4.78 is 6.63. The molecule has 1 aliphatic carbocycles. The maximum Gasteiger partial charge on any atom is 0.230 e. The maximum atomic E-state index is 12.2. The van der Waals surface area contributed by atoms with Crippen LogP contribution >= 0.6 is 11.8 Å². The van der Waals surface area contributed by atoms with Gasteiger partial charge in [-0.2, -0.15) is 0 Å². The van der Waals surface area contributed by atoms with Crippen molar-refractivity contribution < 1.29 is 9.21 Å². The summed E-state index contributed by atoms with van der Waals surface area (Å²) in [5, 5.41) is 11.7. The number of hydrogen-bond acceptors (Lipinski definition) is 7. The Kier molecular flexibility index (Phi) is 4.67. The molecule has 4 rings (SSSR count). The maximum absolute atomic E-state index is 12.2. The lowest BCUT2D eigenvalue weighted by molar-refractivity contribution is -0.119. The fourth-order valence-corrected chi connectivity index (χ4v) is 3.86. The van der Waals surface area contributed by atoms with Crippen molar-refractivity contribution in [1.29, 1.82) is 0 Å². The third-order valence-corrected chi connectivity index (χ3v) is 5.64. The van der Waals surface area contributed by atoms with E-state index in [0.717, 1.165) is 32.0 Å². The first-order valence-electron chi connectivity index (χ1n) is 8.61. The number of nitrogen functional groups attached to an aromatic ring is 1. The Morgan fingerprint density at radius 1 is 1.32 bits per heavy atom. The third kappa shape index (κ3) is 3.82. The Labute approximate surface area is 150 Å². The van der Waals surface area contributed by atoms with Crippen molar-refractivity contribution in [2.45, 2.75) is 42.9 Å². The number of likely N-dealkylation sites (tertiary alicyclic amines) is 1. The van der Waals surface area contributed by atoms with Gasteiger partial charge >= 0.3 is 0 Å².